The number of carbonyl (C=O) groups is 2. The van der Waals surface area contributed by atoms with Crippen molar-refractivity contribution >= 4 is 18.3 Å². The molecule has 0 bridgehead atoms. The minimum atomic E-state index is -4.64. The number of rotatable bonds is 5. The normalized spacial score (nSPS) is 11.5. The van der Waals surface area contributed by atoms with E-state index in [1.807, 2.05) is 0 Å². The molecule has 0 aliphatic heterocycles. The van der Waals surface area contributed by atoms with E-state index in [9.17, 15) is 22.8 Å². The second-order valence-corrected chi connectivity index (χ2v) is 6.15. The van der Waals surface area contributed by atoms with Crippen LogP contribution in [0.15, 0.2) is 30.6 Å². The van der Waals surface area contributed by atoms with E-state index in [1.54, 1.807) is 19.9 Å². The Balaban J connectivity index is 2.11. The van der Waals surface area contributed by atoms with Crippen molar-refractivity contribution in [2.45, 2.75) is 20.0 Å². The van der Waals surface area contributed by atoms with Crippen LogP contribution in [0.2, 0.25) is 0 Å². The highest BCUT2D eigenvalue weighted by molar-refractivity contribution is 5.91. The predicted octanol–water partition coefficient (Wildman–Crippen LogP) is 3.64. The molecule has 29 heavy (non-hydrogen) atoms. The molecular weight excluding hydrogens is 393 g/mol. The van der Waals surface area contributed by atoms with Crippen LogP contribution < -0.4 is 0 Å². The van der Waals surface area contributed by atoms with E-state index < -0.39 is 23.9 Å². The van der Waals surface area contributed by atoms with Crippen molar-refractivity contribution in [2.75, 3.05) is 6.61 Å². The highest BCUT2D eigenvalue weighted by Crippen LogP contribution is 2.32. The quantitative estimate of drug-likeness (QED) is 0.422. The summed E-state index contributed by atoms with van der Waals surface area (Å²) >= 11 is 0. The fraction of sp³-hybridized carbons (Fsp3) is 0.278. The monoisotopic (exact) mass is 408 g/mol. The van der Waals surface area contributed by atoms with Gasteiger partial charge in [0, 0.05) is 17.8 Å². The zero-order valence-electron chi connectivity index (χ0n) is 15.3. The molecule has 2 rings (SSSR count). The number of esters is 1. The fourth-order valence-electron chi connectivity index (χ4n) is 1.98. The van der Waals surface area contributed by atoms with Crippen molar-refractivity contribution in [3.05, 3.63) is 41.7 Å². The predicted molar refractivity (Wildman–Crippen MR) is 92.8 cm³/mol. The highest BCUT2D eigenvalue weighted by Gasteiger charge is 2.31. The highest BCUT2D eigenvalue weighted by atomic mass is 19.4. The number of alkyl halides is 3. The van der Waals surface area contributed by atoms with Crippen molar-refractivity contribution in [3.63, 3.8) is 0 Å². The Labute approximate surface area is 163 Å². The third kappa shape index (κ3) is 6.46. The van der Waals surface area contributed by atoms with Crippen LogP contribution >= 0.6 is 0 Å². The third-order valence-electron chi connectivity index (χ3n) is 3.24. The first kappa shape index (κ1) is 21.6. The van der Waals surface area contributed by atoms with Gasteiger partial charge in [0.25, 0.3) is 0 Å². The van der Waals surface area contributed by atoms with E-state index in [2.05, 4.69) is 19.6 Å². The summed E-state index contributed by atoms with van der Waals surface area (Å²) in [6, 6.07) is 4.38. The maximum Gasteiger partial charge on any atom is 0.516 e. The number of ether oxygens (including phenoxy) is 2. The molecule has 11 heteroatoms. The van der Waals surface area contributed by atoms with Gasteiger partial charge in [-0.3, -0.25) is 0 Å². The van der Waals surface area contributed by atoms with Crippen LogP contribution in [-0.4, -0.2) is 33.5 Å². The van der Waals surface area contributed by atoms with Crippen LogP contribution in [0.1, 0.15) is 25.0 Å². The molecule has 0 spiro atoms. The first-order chi connectivity index (χ1) is 13.6. The third-order valence-corrected chi connectivity index (χ3v) is 3.24. The molecule has 0 fully saturated rings. The molecule has 0 atom stereocenters. The van der Waals surface area contributed by atoms with Crippen LogP contribution in [0, 0.1) is 17.2 Å². The number of nitrogens with zero attached hydrogens (tertiary/aromatic N) is 4. The van der Waals surface area contributed by atoms with E-state index in [1.165, 1.54) is 6.07 Å². The molecule has 0 saturated carbocycles. The Morgan fingerprint density at radius 3 is 2.66 bits per heavy atom. The van der Waals surface area contributed by atoms with E-state index in [-0.39, 0.29) is 29.5 Å². The summed E-state index contributed by atoms with van der Waals surface area (Å²) in [5.74, 6) is -1.05. The minimum Gasteiger partial charge on any atom is -0.434 e. The van der Waals surface area contributed by atoms with Crippen molar-refractivity contribution in [1.82, 2.24) is 14.8 Å². The van der Waals surface area contributed by atoms with Crippen molar-refractivity contribution in [2.24, 2.45) is 5.92 Å². The standard InChI is InChI=1S/C18H15F3N4O4/c1-11(2)9-28-17(27)29-15(26)3-4-25-10-23-16(24-25)13-5-12(8-22)6-14(7-13)18(19,20)21/h3-7,10-11H,9H2,1-2H3. The molecule has 8 nitrogen and oxygen atoms in total. The molecule has 2 aromatic rings. The summed E-state index contributed by atoms with van der Waals surface area (Å²) in [5, 5.41) is 12.8. The molecule has 1 heterocycles. The van der Waals surface area contributed by atoms with Crippen molar-refractivity contribution < 1.29 is 32.2 Å². The van der Waals surface area contributed by atoms with Gasteiger partial charge in [-0.25, -0.2) is 19.3 Å². The summed E-state index contributed by atoms with van der Waals surface area (Å²) in [6.45, 7) is 3.70. The number of nitriles is 1. The number of aromatic nitrogens is 3. The van der Waals surface area contributed by atoms with Crippen LogP contribution in [-0.2, 0) is 20.4 Å². The van der Waals surface area contributed by atoms with E-state index in [0.717, 1.165) is 35.4 Å². The SMILES string of the molecule is CC(C)COC(=O)OC(=O)C=Cn1cnc(-c2cc(C#N)cc(C(F)(F)F)c2)n1. The molecule has 152 valence electrons. The number of hydrogen-bond acceptors (Lipinski definition) is 7. The molecule has 0 unspecified atom stereocenters. The largest absolute Gasteiger partial charge is 0.516 e. The minimum absolute atomic E-state index is 0.0247. The van der Waals surface area contributed by atoms with Gasteiger partial charge in [-0.05, 0) is 24.1 Å². The van der Waals surface area contributed by atoms with E-state index >= 15 is 0 Å². The van der Waals surface area contributed by atoms with E-state index in [4.69, 9.17) is 5.26 Å². The Bertz CT molecular complexity index is 974. The molecule has 1 aromatic carbocycles. The molecular formula is C18H15F3N4O4. The molecule has 0 saturated heterocycles. The smallest absolute Gasteiger partial charge is 0.434 e. The lowest BCUT2D eigenvalue weighted by atomic mass is 10.1. The topological polar surface area (TPSA) is 107 Å². The van der Waals surface area contributed by atoms with Gasteiger partial charge in [-0.2, -0.15) is 18.4 Å². The molecule has 1 aromatic heterocycles. The van der Waals surface area contributed by atoms with E-state index in [0.29, 0.717) is 0 Å². The number of halogens is 3. The van der Waals surface area contributed by atoms with Gasteiger partial charge in [0.1, 0.15) is 6.33 Å². The molecule has 0 N–H and O–H groups in total. The van der Waals surface area contributed by atoms with Gasteiger partial charge < -0.3 is 9.47 Å². The molecule has 0 aliphatic rings. The molecule has 0 amide bonds. The summed E-state index contributed by atoms with van der Waals surface area (Å²) in [6.07, 6.45) is -2.71. The van der Waals surface area contributed by atoms with Gasteiger partial charge in [0.2, 0.25) is 0 Å². The lowest BCUT2D eigenvalue weighted by Crippen LogP contribution is -2.14. The summed E-state index contributed by atoms with van der Waals surface area (Å²) < 4.78 is 49.0. The fourth-order valence-corrected chi connectivity index (χ4v) is 1.98. The van der Waals surface area contributed by atoms with Gasteiger partial charge in [-0.15, -0.1) is 5.10 Å². The average Bonchev–Trinajstić information content (AvgIpc) is 3.12. The Morgan fingerprint density at radius 1 is 1.31 bits per heavy atom. The maximum atomic E-state index is 13.0. The first-order valence-corrected chi connectivity index (χ1v) is 8.19. The van der Waals surface area contributed by atoms with Crippen molar-refractivity contribution in [3.8, 4) is 17.5 Å². The first-order valence-electron chi connectivity index (χ1n) is 8.19. The average molecular weight is 408 g/mol. The van der Waals surface area contributed by atoms with Gasteiger partial charge >= 0.3 is 18.3 Å². The van der Waals surface area contributed by atoms with Crippen LogP contribution in [0.25, 0.3) is 17.6 Å². The van der Waals surface area contributed by atoms with Crippen LogP contribution in [0.3, 0.4) is 0 Å². The summed E-state index contributed by atoms with van der Waals surface area (Å²) in [5.41, 5.74) is -1.24. The second kappa shape index (κ2) is 9.01. The van der Waals surface area contributed by atoms with Crippen molar-refractivity contribution in [1.29, 1.82) is 5.26 Å². The number of carbonyl (C=O) groups excluding carboxylic acids is 2. The lowest BCUT2D eigenvalue weighted by molar-refractivity contribution is -0.137. The number of hydrogen-bond donors (Lipinski definition) is 0. The molecule has 0 aliphatic carbocycles. The zero-order chi connectivity index (χ0) is 21.6. The zero-order valence-corrected chi connectivity index (χ0v) is 15.3. The van der Waals surface area contributed by atoms with Crippen LogP contribution in [0.5, 0.6) is 0 Å². The maximum absolute atomic E-state index is 13.0. The Kier molecular flexibility index (Phi) is 6.71. The second-order valence-electron chi connectivity index (χ2n) is 6.15. The summed E-state index contributed by atoms with van der Waals surface area (Å²) in [4.78, 5) is 26.7. The lowest BCUT2D eigenvalue weighted by Gasteiger charge is -2.08. The van der Waals surface area contributed by atoms with Gasteiger partial charge in [-0.1, -0.05) is 13.8 Å². The Morgan fingerprint density at radius 2 is 2.03 bits per heavy atom. The van der Waals surface area contributed by atoms with Crippen LogP contribution in [0.4, 0.5) is 18.0 Å². The van der Waals surface area contributed by atoms with Gasteiger partial charge in [0.05, 0.1) is 23.8 Å². The van der Waals surface area contributed by atoms with Gasteiger partial charge in [0.15, 0.2) is 5.82 Å². The molecule has 0 radical (unpaired) electrons. The number of benzene rings is 1. The Hall–Kier alpha value is -3.68. The summed E-state index contributed by atoms with van der Waals surface area (Å²) in [7, 11) is 0.